The third-order valence-electron chi connectivity index (χ3n) is 3.84. The Hall–Kier alpha value is -1.66. The fourth-order valence-electron chi connectivity index (χ4n) is 2.65. The van der Waals surface area contributed by atoms with Gasteiger partial charge in [0.1, 0.15) is 12.4 Å². The van der Waals surface area contributed by atoms with E-state index in [0.29, 0.717) is 35.7 Å². The van der Waals surface area contributed by atoms with Crippen LogP contribution >= 0.6 is 12.2 Å². The van der Waals surface area contributed by atoms with Crippen LogP contribution < -0.4 is 15.4 Å². The van der Waals surface area contributed by atoms with Gasteiger partial charge in [0.25, 0.3) is 5.91 Å². The second kappa shape index (κ2) is 9.47. The van der Waals surface area contributed by atoms with Crippen molar-refractivity contribution in [3.63, 3.8) is 0 Å². The van der Waals surface area contributed by atoms with E-state index < -0.39 is 0 Å². The molecule has 1 aromatic carbocycles. The van der Waals surface area contributed by atoms with Gasteiger partial charge in [-0.25, -0.2) is 0 Å². The summed E-state index contributed by atoms with van der Waals surface area (Å²) in [7, 11) is 1.61. The summed E-state index contributed by atoms with van der Waals surface area (Å²) in [6, 6.07) is 7.49. The molecule has 1 fully saturated rings. The number of thiocarbonyl (C=S) groups is 1. The van der Waals surface area contributed by atoms with Crippen LogP contribution in [0.2, 0.25) is 0 Å². The highest BCUT2D eigenvalue weighted by molar-refractivity contribution is 7.80. The van der Waals surface area contributed by atoms with Crippen LogP contribution in [0.1, 0.15) is 42.5 Å². The van der Waals surface area contributed by atoms with Crippen LogP contribution in [-0.4, -0.2) is 37.4 Å². The Labute approximate surface area is 142 Å². The summed E-state index contributed by atoms with van der Waals surface area (Å²) >= 11 is 5.26. The van der Waals surface area contributed by atoms with Crippen molar-refractivity contribution in [2.24, 2.45) is 0 Å². The minimum atomic E-state index is -0.258. The molecule has 0 spiro atoms. The van der Waals surface area contributed by atoms with Gasteiger partial charge < -0.3 is 14.8 Å². The topological polar surface area (TPSA) is 59.6 Å². The van der Waals surface area contributed by atoms with Crippen LogP contribution in [0.15, 0.2) is 24.3 Å². The Morgan fingerprint density at radius 1 is 1.22 bits per heavy atom. The lowest BCUT2D eigenvalue weighted by Crippen LogP contribution is -2.45. The van der Waals surface area contributed by atoms with Crippen molar-refractivity contribution in [2.45, 2.75) is 38.1 Å². The summed E-state index contributed by atoms with van der Waals surface area (Å²) in [4.78, 5) is 12.4. The molecule has 2 rings (SSSR count). The number of methoxy groups -OCH3 is 1. The molecule has 0 atom stereocenters. The van der Waals surface area contributed by atoms with E-state index in [1.54, 1.807) is 25.3 Å². The monoisotopic (exact) mass is 336 g/mol. The maximum atomic E-state index is 12.4. The van der Waals surface area contributed by atoms with Gasteiger partial charge in [-0.3, -0.25) is 10.1 Å². The SMILES string of the molecule is COCCOc1ccccc1C(=O)NC(=S)NC1CCCCC1. The van der Waals surface area contributed by atoms with Crippen molar-refractivity contribution in [3.8, 4) is 5.75 Å². The van der Waals surface area contributed by atoms with E-state index in [9.17, 15) is 4.79 Å². The van der Waals surface area contributed by atoms with E-state index in [0.717, 1.165) is 12.8 Å². The number of carbonyl (C=O) groups is 1. The van der Waals surface area contributed by atoms with Gasteiger partial charge in [0.15, 0.2) is 5.11 Å². The number of para-hydroxylation sites is 1. The van der Waals surface area contributed by atoms with Gasteiger partial charge in [-0.15, -0.1) is 0 Å². The minimum absolute atomic E-state index is 0.258. The number of rotatable bonds is 6. The normalized spacial score (nSPS) is 15.0. The van der Waals surface area contributed by atoms with E-state index in [2.05, 4.69) is 10.6 Å². The first-order valence-electron chi connectivity index (χ1n) is 8.03. The highest BCUT2D eigenvalue weighted by atomic mass is 32.1. The summed E-state index contributed by atoms with van der Waals surface area (Å²) in [6.07, 6.45) is 5.91. The number of carbonyl (C=O) groups excluding carboxylic acids is 1. The molecule has 1 amide bonds. The lowest BCUT2D eigenvalue weighted by Gasteiger charge is -2.24. The zero-order valence-corrected chi connectivity index (χ0v) is 14.3. The molecule has 0 aliphatic heterocycles. The Morgan fingerprint density at radius 2 is 1.96 bits per heavy atom. The number of benzene rings is 1. The molecule has 1 saturated carbocycles. The maximum Gasteiger partial charge on any atom is 0.261 e. The van der Waals surface area contributed by atoms with Crippen LogP contribution in [0.3, 0.4) is 0 Å². The van der Waals surface area contributed by atoms with Crippen LogP contribution in [0.4, 0.5) is 0 Å². The van der Waals surface area contributed by atoms with Crippen molar-refractivity contribution >= 4 is 23.2 Å². The van der Waals surface area contributed by atoms with Gasteiger partial charge in [-0.2, -0.15) is 0 Å². The van der Waals surface area contributed by atoms with Crippen LogP contribution in [0.5, 0.6) is 5.75 Å². The zero-order valence-electron chi connectivity index (χ0n) is 13.5. The van der Waals surface area contributed by atoms with Gasteiger partial charge >= 0.3 is 0 Å². The van der Waals surface area contributed by atoms with Crippen LogP contribution in [-0.2, 0) is 4.74 Å². The third-order valence-corrected chi connectivity index (χ3v) is 4.06. The molecule has 6 heteroatoms. The lowest BCUT2D eigenvalue weighted by molar-refractivity contribution is 0.0968. The Bertz CT molecular complexity index is 530. The summed E-state index contributed by atoms with van der Waals surface area (Å²) in [5.74, 6) is 0.272. The van der Waals surface area contributed by atoms with E-state index in [4.69, 9.17) is 21.7 Å². The van der Waals surface area contributed by atoms with Gasteiger partial charge in [0.05, 0.1) is 12.2 Å². The molecule has 0 saturated heterocycles. The molecule has 23 heavy (non-hydrogen) atoms. The molecule has 1 aromatic rings. The standard InChI is InChI=1S/C17H24N2O3S/c1-21-11-12-22-15-10-6-5-9-14(15)16(20)19-17(23)18-13-7-3-2-4-8-13/h5-6,9-10,13H,2-4,7-8,11-12H2,1H3,(H2,18,19,20,23). The molecule has 2 N–H and O–H groups in total. The Balaban J connectivity index is 1.90. The fraction of sp³-hybridized carbons (Fsp3) is 0.529. The van der Waals surface area contributed by atoms with E-state index in [1.165, 1.54) is 19.3 Å². The van der Waals surface area contributed by atoms with E-state index in [-0.39, 0.29) is 5.91 Å². The maximum absolute atomic E-state index is 12.4. The summed E-state index contributed by atoms with van der Waals surface area (Å²) in [5.41, 5.74) is 0.469. The molecule has 1 aliphatic rings. The summed E-state index contributed by atoms with van der Waals surface area (Å²) in [6.45, 7) is 0.864. The van der Waals surface area contributed by atoms with Crippen LogP contribution in [0, 0.1) is 0 Å². The molecule has 126 valence electrons. The molecular formula is C17H24N2O3S. The molecule has 0 unspecified atom stereocenters. The molecule has 0 aromatic heterocycles. The number of nitrogens with one attached hydrogen (secondary N) is 2. The predicted molar refractivity (Wildman–Crippen MR) is 93.9 cm³/mol. The van der Waals surface area contributed by atoms with Gasteiger partial charge in [0, 0.05) is 13.2 Å². The zero-order chi connectivity index (χ0) is 16.5. The molecule has 1 aliphatic carbocycles. The minimum Gasteiger partial charge on any atom is -0.490 e. The number of ether oxygens (including phenoxy) is 2. The highest BCUT2D eigenvalue weighted by Crippen LogP contribution is 2.19. The van der Waals surface area contributed by atoms with Gasteiger partial charge in [0.2, 0.25) is 0 Å². The molecule has 5 nitrogen and oxygen atoms in total. The first-order valence-corrected chi connectivity index (χ1v) is 8.44. The Kier molecular flexibility index (Phi) is 7.29. The average Bonchev–Trinajstić information content (AvgIpc) is 2.56. The second-order valence-corrected chi connectivity index (χ2v) is 6.01. The third kappa shape index (κ3) is 5.80. The van der Waals surface area contributed by atoms with Gasteiger partial charge in [-0.05, 0) is 37.2 Å². The predicted octanol–water partition coefficient (Wildman–Crippen LogP) is 2.65. The van der Waals surface area contributed by atoms with Crippen LogP contribution in [0.25, 0.3) is 0 Å². The largest absolute Gasteiger partial charge is 0.490 e. The number of hydrogen-bond donors (Lipinski definition) is 2. The highest BCUT2D eigenvalue weighted by Gasteiger charge is 2.17. The average molecular weight is 336 g/mol. The smallest absolute Gasteiger partial charge is 0.261 e. The molecule has 0 bridgehead atoms. The van der Waals surface area contributed by atoms with Crippen molar-refractivity contribution in [3.05, 3.63) is 29.8 Å². The lowest BCUT2D eigenvalue weighted by atomic mass is 9.96. The molecule has 0 radical (unpaired) electrons. The molecule has 0 heterocycles. The van der Waals surface area contributed by atoms with Crippen molar-refractivity contribution in [2.75, 3.05) is 20.3 Å². The summed E-state index contributed by atoms with van der Waals surface area (Å²) < 4.78 is 10.5. The number of hydrogen-bond acceptors (Lipinski definition) is 4. The molecular weight excluding hydrogens is 312 g/mol. The van der Waals surface area contributed by atoms with Crippen molar-refractivity contribution < 1.29 is 14.3 Å². The Morgan fingerprint density at radius 3 is 2.70 bits per heavy atom. The van der Waals surface area contributed by atoms with Crippen molar-refractivity contribution in [1.29, 1.82) is 0 Å². The summed E-state index contributed by atoms with van der Waals surface area (Å²) in [5, 5.41) is 6.36. The first kappa shape index (κ1) is 17.7. The van der Waals surface area contributed by atoms with E-state index >= 15 is 0 Å². The van der Waals surface area contributed by atoms with Crippen molar-refractivity contribution in [1.82, 2.24) is 10.6 Å². The van der Waals surface area contributed by atoms with Gasteiger partial charge in [-0.1, -0.05) is 31.4 Å². The quantitative estimate of drug-likeness (QED) is 0.618. The first-order chi connectivity index (χ1) is 11.2. The second-order valence-electron chi connectivity index (χ2n) is 5.60. The van der Waals surface area contributed by atoms with E-state index in [1.807, 2.05) is 6.07 Å². The number of amides is 1. The fourth-order valence-corrected chi connectivity index (χ4v) is 2.91.